The van der Waals surface area contributed by atoms with E-state index in [9.17, 15) is 9.59 Å². The first-order chi connectivity index (χ1) is 12.2. The molecular weight excluding hydrogens is 314 g/mol. The zero-order valence-corrected chi connectivity index (χ0v) is 14.9. The highest BCUT2D eigenvalue weighted by atomic mass is 16.2. The van der Waals surface area contributed by atoms with E-state index in [0.29, 0.717) is 12.3 Å². The number of amides is 2. The fraction of sp³-hybridized carbons (Fsp3) is 0.600. The van der Waals surface area contributed by atoms with E-state index < -0.39 is 0 Å². The van der Waals surface area contributed by atoms with Gasteiger partial charge in [0.15, 0.2) is 0 Å². The van der Waals surface area contributed by atoms with Gasteiger partial charge in [0.2, 0.25) is 11.8 Å². The highest BCUT2D eigenvalue weighted by Crippen LogP contribution is 2.27. The van der Waals surface area contributed by atoms with Crippen LogP contribution in [0.2, 0.25) is 0 Å². The molecule has 5 nitrogen and oxygen atoms in total. The zero-order chi connectivity index (χ0) is 17.5. The van der Waals surface area contributed by atoms with Crippen molar-refractivity contribution >= 4 is 11.8 Å². The van der Waals surface area contributed by atoms with E-state index in [2.05, 4.69) is 39.8 Å². The normalized spacial score (nSPS) is 21.4. The van der Waals surface area contributed by atoms with Crippen LogP contribution in [0.3, 0.4) is 0 Å². The predicted octanol–water partition coefficient (Wildman–Crippen LogP) is 2.07. The van der Waals surface area contributed by atoms with Crippen molar-refractivity contribution in [2.45, 2.75) is 51.1 Å². The standard InChI is InChI=1S/C20H29N3O2/c24-19(12-16-6-4-5-7-16)21-13-20(25)22-18-10-11-23(15-18)14-17-8-2-1-3-9-17/h1-3,8-9,16,18H,4-7,10-15H2,(H,21,24)(H,22,25)/t18-/m0/s1. The Hall–Kier alpha value is -1.88. The van der Waals surface area contributed by atoms with Crippen molar-refractivity contribution in [1.29, 1.82) is 0 Å². The van der Waals surface area contributed by atoms with Crippen LogP contribution < -0.4 is 10.6 Å². The van der Waals surface area contributed by atoms with Gasteiger partial charge in [0, 0.05) is 32.1 Å². The largest absolute Gasteiger partial charge is 0.350 e. The predicted molar refractivity (Wildman–Crippen MR) is 97.9 cm³/mol. The van der Waals surface area contributed by atoms with E-state index in [-0.39, 0.29) is 24.4 Å². The molecule has 0 unspecified atom stereocenters. The first-order valence-electron chi connectivity index (χ1n) is 9.51. The third-order valence-corrected chi connectivity index (χ3v) is 5.28. The Morgan fingerprint density at radius 1 is 1.04 bits per heavy atom. The Morgan fingerprint density at radius 3 is 2.56 bits per heavy atom. The molecule has 136 valence electrons. The number of rotatable bonds is 7. The number of hydrogen-bond acceptors (Lipinski definition) is 3. The molecule has 2 fully saturated rings. The molecule has 5 heteroatoms. The molecule has 1 heterocycles. The molecule has 1 saturated heterocycles. The lowest BCUT2D eigenvalue weighted by Gasteiger charge is -2.17. The van der Waals surface area contributed by atoms with Crippen LogP contribution in [-0.4, -0.2) is 42.4 Å². The summed E-state index contributed by atoms with van der Waals surface area (Å²) in [5.41, 5.74) is 1.30. The fourth-order valence-electron chi connectivity index (χ4n) is 3.94. The number of nitrogens with zero attached hydrogens (tertiary/aromatic N) is 1. The first kappa shape index (κ1) is 17.9. The molecule has 2 amide bonds. The summed E-state index contributed by atoms with van der Waals surface area (Å²) in [5, 5.41) is 5.82. The van der Waals surface area contributed by atoms with Gasteiger partial charge >= 0.3 is 0 Å². The van der Waals surface area contributed by atoms with Gasteiger partial charge < -0.3 is 10.6 Å². The number of nitrogens with one attached hydrogen (secondary N) is 2. The monoisotopic (exact) mass is 343 g/mol. The van der Waals surface area contributed by atoms with Gasteiger partial charge in [0.1, 0.15) is 0 Å². The number of carbonyl (C=O) groups excluding carboxylic acids is 2. The number of likely N-dealkylation sites (tertiary alicyclic amines) is 1. The quantitative estimate of drug-likeness (QED) is 0.797. The van der Waals surface area contributed by atoms with Crippen molar-refractivity contribution in [2.75, 3.05) is 19.6 Å². The Bertz CT molecular complexity index is 570. The summed E-state index contributed by atoms with van der Waals surface area (Å²) >= 11 is 0. The van der Waals surface area contributed by atoms with Gasteiger partial charge in [-0.1, -0.05) is 43.2 Å². The molecular formula is C20H29N3O2. The highest BCUT2D eigenvalue weighted by Gasteiger charge is 2.24. The van der Waals surface area contributed by atoms with Crippen LogP contribution in [0.5, 0.6) is 0 Å². The molecule has 1 atom stereocenters. The summed E-state index contributed by atoms with van der Waals surface area (Å²) < 4.78 is 0. The van der Waals surface area contributed by atoms with E-state index >= 15 is 0 Å². The maximum Gasteiger partial charge on any atom is 0.239 e. The summed E-state index contributed by atoms with van der Waals surface area (Å²) in [7, 11) is 0. The second kappa shape index (κ2) is 8.99. The second-order valence-corrected chi connectivity index (χ2v) is 7.41. The number of benzene rings is 1. The molecule has 0 radical (unpaired) electrons. The van der Waals surface area contributed by atoms with Crippen LogP contribution in [0.1, 0.15) is 44.1 Å². The van der Waals surface area contributed by atoms with E-state index in [0.717, 1.165) is 38.9 Å². The van der Waals surface area contributed by atoms with E-state index in [1.807, 2.05) is 6.07 Å². The van der Waals surface area contributed by atoms with Crippen molar-refractivity contribution < 1.29 is 9.59 Å². The Morgan fingerprint density at radius 2 is 1.80 bits per heavy atom. The molecule has 0 bridgehead atoms. The van der Waals surface area contributed by atoms with Gasteiger partial charge in [-0.2, -0.15) is 0 Å². The van der Waals surface area contributed by atoms with Gasteiger partial charge in [0.05, 0.1) is 6.54 Å². The second-order valence-electron chi connectivity index (χ2n) is 7.41. The van der Waals surface area contributed by atoms with E-state index in [1.165, 1.54) is 18.4 Å². The SMILES string of the molecule is O=C(CC1CCCC1)NCC(=O)N[C@H]1CCN(Cc2ccccc2)C1. The van der Waals surface area contributed by atoms with Crippen molar-refractivity contribution in [3.05, 3.63) is 35.9 Å². The molecule has 2 aliphatic rings. The van der Waals surface area contributed by atoms with Crippen molar-refractivity contribution in [3.63, 3.8) is 0 Å². The lowest BCUT2D eigenvalue weighted by Crippen LogP contribution is -2.43. The average molecular weight is 343 g/mol. The maximum absolute atomic E-state index is 12.1. The molecule has 1 aliphatic carbocycles. The lowest BCUT2D eigenvalue weighted by atomic mass is 10.0. The molecule has 1 aromatic carbocycles. The average Bonchev–Trinajstić information content (AvgIpc) is 3.26. The molecule has 2 N–H and O–H groups in total. The van der Waals surface area contributed by atoms with Crippen molar-refractivity contribution in [2.24, 2.45) is 5.92 Å². The van der Waals surface area contributed by atoms with Gasteiger partial charge in [-0.25, -0.2) is 0 Å². The number of carbonyl (C=O) groups is 2. The van der Waals surface area contributed by atoms with Crippen LogP contribution in [0, 0.1) is 5.92 Å². The minimum atomic E-state index is -0.0775. The van der Waals surface area contributed by atoms with Crippen molar-refractivity contribution in [1.82, 2.24) is 15.5 Å². The molecule has 25 heavy (non-hydrogen) atoms. The number of hydrogen-bond donors (Lipinski definition) is 2. The van der Waals surface area contributed by atoms with Crippen LogP contribution in [0.15, 0.2) is 30.3 Å². The molecule has 1 saturated carbocycles. The van der Waals surface area contributed by atoms with Gasteiger partial charge in [-0.3, -0.25) is 14.5 Å². The summed E-state index contributed by atoms with van der Waals surface area (Å²) in [6.45, 7) is 2.89. The van der Waals surface area contributed by atoms with Crippen LogP contribution in [0.25, 0.3) is 0 Å². The Labute approximate surface area is 150 Å². The highest BCUT2D eigenvalue weighted by molar-refractivity contribution is 5.84. The molecule has 0 spiro atoms. The van der Waals surface area contributed by atoms with Crippen LogP contribution >= 0.6 is 0 Å². The third-order valence-electron chi connectivity index (χ3n) is 5.28. The first-order valence-corrected chi connectivity index (χ1v) is 9.51. The summed E-state index contributed by atoms with van der Waals surface area (Å²) in [5.74, 6) is 0.454. The summed E-state index contributed by atoms with van der Waals surface area (Å²) in [4.78, 5) is 26.3. The minimum Gasteiger partial charge on any atom is -0.350 e. The molecule has 3 rings (SSSR count). The zero-order valence-electron chi connectivity index (χ0n) is 14.9. The molecule has 1 aliphatic heterocycles. The van der Waals surface area contributed by atoms with Crippen LogP contribution in [-0.2, 0) is 16.1 Å². The van der Waals surface area contributed by atoms with Crippen LogP contribution in [0.4, 0.5) is 0 Å². The van der Waals surface area contributed by atoms with Gasteiger partial charge in [-0.15, -0.1) is 0 Å². The molecule has 0 aromatic heterocycles. The Balaban J connectivity index is 1.32. The summed E-state index contributed by atoms with van der Waals surface area (Å²) in [6, 6.07) is 10.6. The maximum atomic E-state index is 12.1. The third kappa shape index (κ3) is 5.85. The smallest absolute Gasteiger partial charge is 0.239 e. The minimum absolute atomic E-state index is 0.0131. The van der Waals surface area contributed by atoms with E-state index in [4.69, 9.17) is 0 Å². The molecule has 1 aromatic rings. The summed E-state index contributed by atoms with van der Waals surface area (Å²) in [6.07, 6.45) is 6.31. The topological polar surface area (TPSA) is 61.4 Å². The fourth-order valence-corrected chi connectivity index (χ4v) is 3.94. The van der Waals surface area contributed by atoms with Crippen molar-refractivity contribution in [3.8, 4) is 0 Å². The lowest BCUT2D eigenvalue weighted by molar-refractivity contribution is -0.126. The Kier molecular flexibility index (Phi) is 6.45. The van der Waals surface area contributed by atoms with Gasteiger partial charge in [-0.05, 0) is 30.7 Å². The van der Waals surface area contributed by atoms with Gasteiger partial charge in [0.25, 0.3) is 0 Å². The van der Waals surface area contributed by atoms with E-state index in [1.54, 1.807) is 0 Å².